The Bertz CT molecular complexity index is 950. The number of likely N-dealkylation sites (tertiary alicyclic amines) is 1. The molecule has 1 fully saturated rings. The van der Waals surface area contributed by atoms with Gasteiger partial charge >= 0.3 is 0 Å². The molecule has 1 atom stereocenters. The average Bonchev–Trinajstić information content (AvgIpc) is 3.21. The van der Waals surface area contributed by atoms with E-state index in [0.717, 1.165) is 17.7 Å². The van der Waals surface area contributed by atoms with E-state index in [0.29, 0.717) is 25.0 Å². The number of carbonyl (C=O) groups excluding carboxylic acids is 1. The zero-order valence-electron chi connectivity index (χ0n) is 15.1. The number of amides is 1. The minimum absolute atomic E-state index is 0.0409. The first kappa shape index (κ1) is 18.0. The number of hydrogen-bond donors (Lipinski definition) is 1. The predicted molar refractivity (Wildman–Crippen MR) is 101 cm³/mol. The molecular formula is C20H19FN6O. The number of carbonyl (C=O) groups is 1. The van der Waals surface area contributed by atoms with E-state index in [4.69, 9.17) is 0 Å². The smallest absolute Gasteiger partial charge is 0.229 e. The molecule has 0 aliphatic carbocycles. The summed E-state index contributed by atoms with van der Waals surface area (Å²) in [4.78, 5) is 31.4. The molecule has 2 aromatic heterocycles. The van der Waals surface area contributed by atoms with Gasteiger partial charge in [-0.15, -0.1) is 0 Å². The van der Waals surface area contributed by atoms with Crippen molar-refractivity contribution >= 4 is 17.8 Å². The van der Waals surface area contributed by atoms with E-state index < -0.39 is 0 Å². The van der Waals surface area contributed by atoms with Crippen LogP contribution in [0.15, 0.2) is 55.0 Å². The first-order valence-electron chi connectivity index (χ1n) is 9.06. The summed E-state index contributed by atoms with van der Waals surface area (Å²) in [5, 5.41) is 2.98. The average molecular weight is 378 g/mol. The van der Waals surface area contributed by atoms with Gasteiger partial charge in [-0.05, 0) is 36.2 Å². The van der Waals surface area contributed by atoms with Crippen molar-refractivity contribution < 1.29 is 9.18 Å². The molecule has 0 spiro atoms. The maximum Gasteiger partial charge on any atom is 0.229 e. The molecule has 0 bridgehead atoms. The van der Waals surface area contributed by atoms with Crippen LogP contribution < -0.4 is 5.32 Å². The van der Waals surface area contributed by atoms with Crippen molar-refractivity contribution in [1.29, 1.82) is 0 Å². The highest BCUT2D eigenvalue weighted by Gasteiger charge is 2.28. The van der Waals surface area contributed by atoms with Crippen molar-refractivity contribution in [3.63, 3.8) is 0 Å². The summed E-state index contributed by atoms with van der Waals surface area (Å²) in [5.41, 5.74) is 1.69. The molecule has 1 aliphatic rings. The molecule has 7 nitrogen and oxygen atoms in total. The summed E-state index contributed by atoms with van der Waals surface area (Å²) in [6, 6.07) is 9.65. The van der Waals surface area contributed by atoms with Crippen molar-refractivity contribution in [3.05, 3.63) is 72.1 Å². The van der Waals surface area contributed by atoms with Crippen molar-refractivity contribution in [2.45, 2.75) is 18.8 Å². The van der Waals surface area contributed by atoms with Gasteiger partial charge in [-0.25, -0.2) is 24.3 Å². The van der Waals surface area contributed by atoms with Crippen LogP contribution in [-0.4, -0.2) is 43.8 Å². The van der Waals surface area contributed by atoms with Gasteiger partial charge < -0.3 is 4.90 Å². The fourth-order valence-electron chi connectivity index (χ4n) is 3.24. The van der Waals surface area contributed by atoms with Crippen LogP contribution in [0.3, 0.4) is 0 Å². The Kier molecular flexibility index (Phi) is 5.18. The predicted octanol–water partition coefficient (Wildman–Crippen LogP) is 2.71. The first-order valence-corrected chi connectivity index (χ1v) is 9.06. The van der Waals surface area contributed by atoms with Crippen molar-refractivity contribution in [1.82, 2.24) is 24.8 Å². The molecule has 28 heavy (non-hydrogen) atoms. The van der Waals surface area contributed by atoms with Crippen LogP contribution in [0.1, 0.15) is 23.6 Å². The molecule has 3 aromatic rings. The Balaban J connectivity index is 1.39. The van der Waals surface area contributed by atoms with Gasteiger partial charge in [-0.1, -0.05) is 12.1 Å². The van der Waals surface area contributed by atoms with Gasteiger partial charge in [0, 0.05) is 37.6 Å². The minimum Gasteiger partial charge on any atom is -0.342 e. The van der Waals surface area contributed by atoms with Crippen LogP contribution in [-0.2, 0) is 11.2 Å². The molecule has 4 rings (SSSR count). The van der Waals surface area contributed by atoms with Gasteiger partial charge in [0.1, 0.15) is 5.82 Å². The Labute approximate surface area is 161 Å². The number of anilines is 2. The monoisotopic (exact) mass is 378 g/mol. The molecule has 3 heterocycles. The molecule has 0 radical (unpaired) electrons. The number of halogens is 1. The standard InChI is InChI=1S/C20H19FN6O/c21-16-4-2-14(3-5-16)12-18(28)27-11-7-15(13-27)17-6-10-24-20(25-17)26-19-22-8-1-9-23-19/h1-6,8-10,15H,7,11-13H2,(H,22,23,24,25,26)/t15-/m0/s1. The summed E-state index contributed by atoms with van der Waals surface area (Å²) in [5.74, 6) is 0.755. The largest absolute Gasteiger partial charge is 0.342 e. The number of benzene rings is 1. The van der Waals surface area contributed by atoms with Gasteiger partial charge in [0.2, 0.25) is 17.8 Å². The van der Waals surface area contributed by atoms with Gasteiger partial charge in [0.05, 0.1) is 12.1 Å². The van der Waals surface area contributed by atoms with Crippen molar-refractivity contribution in [3.8, 4) is 0 Å². The molecule has 1 N–H and O–H groups in total. The quantitative estimate of drug-likeness (QED) is 0.735. The maximum atomic E-state index is 13.0. The molecule has 1 aliphatic heterocycles. The summed E-state index contributed by atoms with van der Waals surface area (Å²) < 4.78 is 13.0. The van der Waals surface area contributed by atoms with Crippen LogP contribution in [0.5, 0.6) is 0 Å². The molecule has 142 valence electrons. The van der Waals surface area contributed by atoms with E-state index in [1.807, 2.05) is 11.0 Å². The van der Waals surface area contributed by atoms with E-state index in [1.165, 1.54) is 12.1 Å². The second-order valence-corrected chi connectivity index (χ2v) is 6.63. The van der Waals surface area contributed by atoms with Gasteiger partial charge in [0.15, 0.2) is 0 Å². The van der Waals surface area contributed by atoms with Crippen LogP contribution >= 0.6 is 0 Å². The molecular weight excluding hydrogens is 359 g/mol. The Morgan fingerprint density at radius 3 is 2.61 bits per heavy atom. The van der Waals surface area contributed by atoms with Crippen LogP contribution in [0.4, 0.5) is 16.3 Å². The lowest BCUT2D eigenvalue weighted by Crippen LogP contribution is -2.30. The lowest BCUT2D eigenvalue weighted by molar-refractivity contribution is -0.129. The van der Waals surface area contributed by atoms with E-state index in [2.05, 4.69) is 25.3 Å². The highest BCUT2D eigenvalue weighted by molar-refractivity contribution is 5.79. The van der Waals surface area contributed by atoms with Crippen molar-refractivity contribution in [2.75, 3.05) is 18.4 Å². The molecule has 8 heteroatoms. The minimum atomic E-state index is -0.300. The van der Waals surface area contributed by atoms with Gasteiger partial charge in [-0.2, -0.15) is 0 Å². The first-order chi connectivity index (χ1) is 13.7. The van der Waals surface area contributed by atoms with Crippen molar-refractivity contribution in [2.24, 2.45) is 0 Å². The van der Waals surface area contributed by atoms with E-state index in [-0.39, 0.29) is 24.1 Å². The van der Waals surface area contributed by atoms with Crippen LogP contribution in [0, 0.1) is 5.82 Å². The fourth-order valence-corrected chi connectivity index (χ4v) is 3.24. The maximum absolute atomic E-state index is 13.0. The zero-order valence-corrected chi connectivity index (χ0v) is 15.1. The Hall–Kier alpha value is -3.42. The number of hydrogen-bond acceptors (Lipinski definition) is 6. The third-order valence-corrected chi connectivity index (χ3v) is 4.69. The second-order valence-electron chi connectivity index (χ2n) is 6.63. The fraction of sp³-hybridized carbons (Fsp3) is 0.250. The molecule has 0 unspecified atom stereocenters. The summed E-state index contributed by atoms with van der Waals surface area (Å²) in [6.45, 7) is 1.29. The molecule has 1 aromatic carbocycles. The van der Waals surface area contributed by atoms with Crippen LogP contribution in [0.2, 0.25) is 0 Å². The summed E-state index contributed by atoms with van der Waals surface area (Å²) >= 11 is 0. The SMILES string of the molecule is O=C(Cc1ccc(F)cc1)N1CC[C@H](c2ccnc(Nc3ncccn3)n2)C1. The second kappa shape index (κ2) is 8.08. The number of rotatable bonds is 5. The summed E-state index contributed by atoms with van der Waals surface area (Å²) in [6.07, 6.45) is 6.08. The van der Waals surface area contributed by atoms with E-state index in [1.54, 1.807) is 36.8 Å². The number of aromatic nitrogens is 4. The highest BCUT2D eigenvalue weighted by atomic mass is 19.1. The van der Waals surface area contributed by atoms with E-state index in [9.17, 15) is 9.18 Å². The third-order valence-electron chi connectivity index (χ3n) is 4.69. The van der Waals surface area contributed by atoms with Gasteiger partial charge in [-0.3, -0.25) is 10.1 Å². The zero-order chi connectivity index (χ0) is 19.3. The Morgan fingerprint density at radius 1 is 1.07 bits per heavy atom. The lowest BCUT2D eigenvalue weighted by Gasteiger charge is -2.16. The lowest BCUT2D eigenvalue weighted by atomic mass is 10.1. The van der Waals surface area contributed by atoms with Crippen LogP contribution in [0.25, 0.3) is 0 Å². The third kappa shape index (κ3) is 4.28. The number of nitrogens with zero attached hydrogens (tertiary/aromatic N) is 5. The van der Waals surface area contributed by atoms with E-state index >= 15 is 0 Å². The topological polar surface area (TPSA) is 83.9 Å². The molecule has 1 amide bonds. The Morgan fingerprint density at radius 2 is 1.82 bits per heavy atom. The molecule has 1 saturated heterocycles. The summed E-state index contributed by atoms with van der Waals surface area (Å²) in [7, 11) is 0. The normalized spacial score (nSPS) is 16.2. The highest BCUT2D eigenvalue weighted by Crippen LogP contribution is 2.27. The number of nitrogens with one attached hydrogen (secondary N) is 1. The molecule has 0 saturated carbocycles. The van der Waals surface area contributed by atoms with Gasteiger partial charge in [0.25, 0.3) is 0 Å².